The summed E-state index contributed by atoms with van der Waals surface area (Å²) >= 11 is 0. The molecule has 0 saturated carbocycles. The Morgan fingerprint density at radius 2 is 1.96 bits per heavy atom. The van der Waals surface area contributed by atoms with Crippen molar-refractivity contribution in [2.75, 3.05) is 26.2 Å². The van der Waals surface area contributed by atoms with Gasteiger partial charge in [0.15, 0.2) is 6.10 Å². The van der Waals surface area contributed by atoms with Crippen molar-refractivity contribution in [1.82, 2.24) is 10.2 Å². The van der Waals surface area contributed by atoms with E-state index >= 15 is 0 Å². The Hall–Kier alpha value is -1.55. The summed E-state index contributed by atoms with van der Waals surface area (Å²) in [6, 6.07) is 7.78. The minimum atomic E-state index is -0.471. The van der Waals surface area contributed by atoms with Crippen LogP contribution in [-0.4, -0.2) is 43.1 Å². The van der Waals surface area contributed by atoms with Crippen LogP contribution in [0.1, 0.15) is 39.2 Å². The molecule has 4 nitrogen and oxygen atoms in total. The summed E-state index contributed by atoms with van der Waals surface area (Å²) in [6.45, 7) is 12.6. The number of para-hydroxylation sites is 1. The Morgan fingerprint density at radius 1 is 1.29 bits per heavy atom. The van der Waals surface area contributed by atoms with Gasteiger partial charge in [0, 0.05) is 19.6 Å². The van der Waals surface area contributed by atoms with Crippen LogP contribution in [0.4, 0.5) is 0 Å². The number of amides is 1. The van der Waals surface area contributed by atoms with Crippen LogP contribution in [0.3, 0.4) is 0 Å². The second kappa shape index (κ2) is 9.07. The molecule has 134 valence electrons. The zero-order valence-electron chi connectivity index (χ0n) is 15.5. The first-order valence-corrected chi connectivity index (χ1v) is 9.18. The number of hydrogen-bond donors (Lipinski definition) is 1. The Balaban J connectivity index is 1.66. The minimum Gasteiger partial charge on any atom is -0.481 e. The number of nitrogens with one attached hydrogen (secondary N) is 1. The second-order valence-electron chi connectivity index (χ2n) is 7.38. The lowest BCUT2D eigenvalue weighted by Crippen LogP contribution is -2.41. The van der Waals surface area contributed by atoms with Gasteiger partial charge < -0.3 is 15.0 Å². The van der Waals surface area contributed by atoms with Gasteiger partial charge in [-0.2, -0.15) is 0 Å². The summed E-state index contributed by atoms with van der Waals surface area (Å²) in [5, 5.41) is 2.99. The standard InChI is InChI=1S/C20H32N2O2/c1-15-12-16(2)14-22(13-15)11-7-10-21-20(23)18(4)24-19-9-6-5-8-17(19)3/h5-6,8-9,15-16,18H,7,10-14H2,1-4H3,(H,21,23)/t15-,16-,18+/m1/s1. The quantitative estimate of drug-likeness (QED) is 0.779. The van der Waals surface area contributed by atoms with Gasteiger partial charge in [0.05, 0.1) is 0 Å². The molecule has 0 bridgehead atoms. The first kappa shape index (κ1) is 18.8. The molecular weight excluding hydrogens is 300 g/mol. The number of rotatable bonds is 7. The first-order valence-electron chi connectivity index (χ1n) is 9.18. The Labute approximate surface area is 146 Å². The highest BCUT2D eigenvalue weighted by molar-refractivity contribution is 5.80. The molecule has 0 radical (unpaired) electrons. The number of carbonyl (C=O) groups excluding carboxylic acids is 1. The molecule has 1 fully saturated rings. The second-order valence-corrected chi connectivity index (χ2v) is 7.38. The molecule has 24 heavy (non-hydrogen) atoms. The van der Waals surface area contributed by atoms with Crippen LogP contribution in [0, 0.1) is 18.8 Å². The van der Waals surface area contributed by atoms with E-state index < -0.39 is 6.10 Å². The molecule has 1 saturated heterocycles. The van der Waals surface area contributed by atoms with Gasteiger partial charge >= 0.3 is 0 Å². The van der Waals surface area contributed by atoms with Crippen LogP contribution in [-0.2, 0) is 4.79 Å². The minimum absolute atomic E-state index is 0.0429. The molecule has 0 spiro atoms. The molecule has 4 heteroatoms. The Bertz CT molecular complexity index is 522. The van der Waals surface area contributed by atoms with Crippen molar-refractivity contribution in [3.8, 4) is 5.75 Å². The Kier molecular flexibility index (Phi) is 7.10. The third-order valence-electron chi connectivity index (χ3n) is 4.66. The zero-order chi connectivity index (χ0) is 17.5. The number of piperidine rings is 1. The van der Waals surface area contributed by atoms with Crippen molar-refractivity contribution in [3.63, 3.8) is 0 Å². The summed E-state index contributed by atoms with van der Waals surface area (Å²) in [6.07, 6.45) is 1.85. The molecule has 0 aliphatic carbocycles. The SMILES string of the molecule is Cc1ccccc1O[C@@H](C)C(=O)NCCCN1C[C@H](C)C[C@@H](C)C1. The van der Waals surface area contributed by atoms with Crippen LogP contribution < -0.4 is 10.1 Å². The van der Waals surface area contributed by atoms with Crippen molar-refractivity contribution >= 4 is 5.91 Å². The lowest BCUT2D eigenvalue weighted by Gasteiger charge is -2.34. The third-order valence-corrected chi connectivity index (χ3v) is 4.66. The largest absolute Gasteiger partial charge is 0.481 e. The van der Waals surface area contributed by atoms with Crippen molar-refractivity contribution in [2.45, 2.75) is 46.6 Å². The number of ether oxygens (including phenoxy) is 1. The average molecular weight is 332 g/mol. The van der Waals surface area contributed by atoms with E-state index in [4.69, 9.17) is 4.74 Å². The molecule has 2 rings (SSSR count). The van der Waals surface area contributed by atoms with Gasteiger partial charge in [0.25, 0.3) is 5.91 Å². The van der Waals surface area contributed by atoms with E-state index in [1.54, 1.807) is 6.92 Å². The number of aryl methyl sites for hydroxylation is 1. The van der Waals surface area contributed by atoms with Crippen molar-refractivity contribution in [3.05, 3.63) is 29.8 Å². The molecule has 1 amide bonds. The topological polar surface area (TPSA) is 41.6 Å². The predicted octanol–water partition coefficient (Wildman–Crippen LogP) is 3.25. The first-order chi connectivity index (χ1) is 11.5. The van der Waals surface area contributed by atoms with E-state index in [0.29, 0.717) is 6.54 Å². The maximum atomic E-state index is 12.2. The highest BCUT2D eigenvalue weighted by Gasteiger charge is 2.21. The summed E-state index contributed by atoms with van der Waals surface area (Å²) < 4.78 is 5.76. The molecule has 1 aliphatic rings. The van der Waals surface area contributed by atoms with E-state index in [9.17, 15) is 4.79 Å². The summed E-state index contributed by atoms with van der Waals surface area (Å²) in [7, 11) is 0. The number of likely N-dealkylation sites (tertiary alicyclic amines) is 1. The van der Waals surface area contributed by atoms with E-state index in [2.05, 4.69) is 24.1 Å². The third kappa shape index (κ3) is 5.82. The van der Waals surface area contributed by atoms with E-state index in [0.717, 1.165) is 36.1 Å². The average Bonchev–Trinajstić information content (AvgIpc) is 2.52. The van der Waals surface area contributed by atoms with Crippen LogP contribution in [0.25, 0.3) is 0 Å². The van der Waals surface area contributed by atoms with E-state index in [1.165, 1.54) is 19.5 Å². The van der Waals surface area contributed by atoms with Gasteiger partial charge in [0.1, 0.15) is 5.75 Å². The van der Waals surface area contributed by atoms with Gasteiger partial charge in [-0.15, -0.1) is 0 Å². The maximum absolute atomic E-state index is 12.2. The Morgan fingerprint density at radius 3 is 2.62 bits per heavy atom. The van der Waals surface area contributed by atoms with Gasteiger partial charge in [0.2, 0.25) is 0 Å². The molecular formula is C20H32N2O2. The van der Waals surface area contributed by atoms with Gasteiger partial charge in [-0.05, 0) is 56.7 Å². The van der Waals surface area contributed by atoms with Crippen molar-refractivity contribution in [2.24, 2.45) is 11.8 Å². The van der Waals surface area contributed by atoms with Crippen LogP contribution >= 0.6 is 0 Å². The highest BCUT2D eigenvalue weighted by atomic mass is 16.5. The van der Waals surface area contributed by atoms with Crippen LogP contribution in [0.5, 0.6) is 5.75 Å². The molecule has 0 aromatic heterocycles. The number of nitrogens with zero attached hydrogens (tertiary/aromatic N) is 1. The molecule has 1 aromatic carbocycles. The fraction of sp³-hybridized carbons (Fsp3) is 0.650. The molecule has 0 unspecified atom stereocenters. The lowest BCUT2D eigenvalue weighted by atomic mass is 9.92. The van der Waals surface area contributed by atoms with Crippen molar-refractivity contribution in [1.29, 1.82) is 0 Å². The van der Waals surface area contributed by atoms with Crippen LogP contribution in [0.15, 0.2) is 24.3 Å². The lowest BCUT2D eigenvalue weighted by molar-refractivity contribution is -0.127. The maximum Gasteiger partial charge on any atom is 0.260 e. The number of hydrogen-bond acceptors (Lipinski definition) is 3. The van der Waals surface area contributed by atoms with Crippen molar-refractivity contribution < 1.29 is 9.53 Å². The van der Waals surface area contributed by atoms with Gasteiger partial charge in [-0.25, -0.2) is 0 Å². The predicted molar refractivity (Wildman–Crippen MR) is 98.3 cm³/mol. The number of benzene rings is 1. The zero-order valence-corrected chi connectivity index (χ0v) is 15.5. The smallest absolute Gasteiger partial charge is 0.260 e. The summed E-state index contributed by atoms with van der Waals surface area (Å²) in [4.78, 5) is 14.7. The fourth-order valence-electron chi connectivity index (χ4n) is 3.57. The molecule has 3 atom stereocenters. The van der Waals surface area contributed by atoms with E-state index in [1.807, 2.05) is 31.2 Å². The molecule has 1 aromatic rings. The number of carbonyl (C=O) groups is 1. The normalized spacial score (nSPS) is 22.8. The molecule has 1 N–H and O–H groups in total. The summed E-state index contributed by atoms with van der Waals surface area (Å²) in [5.41, 5.74) is 1.05. The van der Waals surface area contributed by atoms with Gasteiger partial charge in [-0.3, -0.25) is 4.79 Å². The highest BCUT2D eigenvalue weighted by Crippen LogP contribution is 2.21. The molecule has 1 aliphatic heterocycles. The van der Waals surface area contributed by atoms with Gasteiger partial charge in [-0.1, -0.05) is 32.0 Å². The fourth-order valence-corrected chi connectivity index (χ4v) is 3.57. The molecule has 1 heterocycles. The monoisotopic (exact) mass is 332 g/mol. The summed E-state index contributed by atoms with van der Waals surface area (Å²) in [5.74, 6) is 2.30. The van der Waals surface area contributed by atoms with Crippen LogP contribution in [0.2, 0.25) is 0 Å². The van der Waals surface area contributed by atoms with E-state index in [-0.39, 0.29) is 5.91 Å².